The first kappa shape index (κ1) is 22.0. The fourth-order valence-corrected chi connectivity index (χ4v) is 6.06. The molecule has 0 spiro atoms. The number of carbonyl (C=O) groups excluding carboxylic acids is 1. The molecule has 0 fully saturated rings. The summed E-state index contributed by atoms with van der Waals surface area (Å²) in [6.45, 7) is 2.17. The van der Waals surface area contributed by atoms with E-state index in [0.717, 1.165) is 36.3 Å². The van der Waals surface area contributed by atoms with Gasteiger partial charge in [-0.05, 0) is 56.0 Å². The standard InChI is InChI=1S/C24H23Cl2N3OS/c1-2-3-5-17-8-9-21(31-17)22-18(13-27)24(28)29(16-11-14(25)10-15(26)12-16)19-6-4-7-20(30)23(19)22/h8-12,22H,2-7,28H2,1H3. The molecule has 1 unspecified atom stereocenters. The van der Waals surface area contributed by atoms with Crippen molar-refractivity contribution in [3.63, 3.8) is 0 Å². The third-order valence-electron chi connectivity index (χ3n) is 5.76. The van der Waals surface area contributed by atoms with Crippen LogP contribution in [0.5, 0.6) is 0 Å². The van der Waals surface area contributed by atoms with Gasteiger partial charge >= 0.3 is 0 Å². The molecule has 2 heterocycles. The van der Waals surface area contributed by atoms with Crippen molar-refractivity contribution in [3.8, 4) is 6.07 Å². The monoisotopic (exact) mass is 471 g/mol. The number of anilines is 1. The molecule has 0 bridgehead atoms. The Kier molecular flexibility index (Phi) is 6.43. The number of nitrogens with zero attached hydrogens (tertiary/aromatic N) is 2. The molecule has 1 aliphatic heterocycles. The fourth-order valence-electron chi connectivity index (χ4n) is 4.37. The van der Waals surface area contributed by atoms with Crippen LogP contribution in [-0.4, -0.2) is 5.78 Å². The van der Waals surface area contributed by atoms with Crippen molar-refractivity contribution in [2.75, 3.05) is 4.90 Å². The second-order valence-corrected chi connectivity index (χ2v) is 9.92. The number of carbonyl (C=O) groups is 1. The van der Waals surface area contributed by atoms with Crippen molar-refractivity contribution < 1.29 is 4.79 Å². The van der Waals surface area contributed by atoms with E-state index in [1.54, 1.807) is 34.4 Å². The summed E-state index contributed by atoms with van der Waals surface area (Å²) >= 11 is 14.2. The highest BCUT2D eigenvalue weighted by molar-refractivity contribution is 7.12. The topological polar surface area (TPSA) is 70.1 Å². The van der Waals surface area contributed by atoms with E-state index in [0.29, 0.717) is 45.5 Å². The van der Waals surface area contributed by atoms with Gasteiger partial charge in [0.15, 0.2) is 5.78 Å². The van der Waals surface area contributed by atoms with Crippen molar-refractivity contribution >= 4 is 46.0 Å². The van der Waals surface area contributed by atoms with Crippen LogP contribution in [0, 0.1) is 11.3 Å². The van der Waals surface area contributed by atoms with E-state index in [1.165, 1.54) is 4.88 Å². The zero-order valence-electron chi connectivity index (χ0n) is 17.3. The van der Waals surface area contributed by atoms with Gasteiger partial charge in [0.1, 0.15) is 5.82 Å². The highest BCUT2D eigenvalue weighted by Crippen LogP contribution is 2.48. The Morgan fingerprint density at radius 2 is 1.97 bits per heavy atom. The number of allylic oxidation sites excluding steroid dienone is 3. The van der Waals surface area contributed by atoms with Crippen molar-refractivity contribution in [3.05, 3.63) is 72.8 Å². The summed E-state index contributed by atoms with van der Waals surface area (Å²) in [5.74, 6) is -0.00462. The lowest BCUT2D eigenvalue weighted by Gasteiger charge is -2.39. The van der Waals surface area contributed by atoms with Gasteiger partial charge in [-0.2, -0.15) is 5.26 Å². The summed E-state index contributed by atoms with van der Waals surface area (Å²) in [4.78, 5) is 17.2. The Labute approximate surface area is 196 Å². The van der Waals surface area contributed by atoms with Crippen molar-refractivity contribution in [2.45, 2.75) is 51.4 Å². The Morgan fingerprint density at radius 1 is 1.23 bits per heavy atom. The van der Waals surface area contributed by atoms with Crippen LogP contribution in [0.2, 0.25) is 10.0 Å². The largest absolute Gasteiger partial charge is 0.384 e. The summed E-state index contributed by atoms with van der Waals surface area (Å²) in [5.41, 5.74) is 9.18. The predicted octanol–water partition coefficient (Wildman–Crippen LogP) is 6.70. The minimum absolute atomic E-state index is 0.0770. The van der Waals surface area contributed by atoms with E-state index < -0.39 is 5.92 Å². The van der Waals surface area contributed by atoms with Crippen molar-refractivity contribution in [2.24, 2.45) is 5.73 Å². The average Bonchev–Trinajstić information content (AvgIpc) is 3.19. The Hall–Kier alpha value is -2.26. The van der Waals surface area contributed by atoms with Gasteiger partial charge in [-0.3, -0.25) is 9.69 Å². The number of benzene rings is 1. The Balaban J connectivity index is 1.88. The van der Waals surface area contributed by atoms with Crippen molar-refractivity contribution in [1.29, 1.82) is 5.26 Å². The lowest BCUT2D eigenvalue weighted by Crippen LogP contribution is -2.38. The van der Waals surface area contributed by atoms with Gasteiger partial charge in [0.05, 0.1) is 23.2 Å². The summed E-state index contributed by atoms with van der Waals surface area (Å²) in [6, 6.07) is 11.6. The molecule has 1 aromatic carbocycles. The van der Waals surface area contributed by atoms with E-state index in [2.05, 4.69) is 19.1 Å². The number of Topliss-reactive ketones (excluding diaryl/α,β-unsaturated/α-hetero) is 1. The summed E-state index contributed by atoms with van der Waals surface area (Å²) < 4.78 is 0. The number of nitrogens with two attached hydrogens (primary N) is 1. The number of aryl methyl sites for hydroxylation is 1. The summed E-state index contributed by atoms with van der Waals surface area (Å²) in [6.07, 6.45) is 5.17. The number of thiophene rings is 1. The molecule has 4 rings (SSSR count). The first-order chi connectivity index (χ1) is 14.9. The van der Waals surface area contributed by atoms with E-state index in [1.807, 2.05) is 6.07 Å². The first-order valence-corrected chi connectivity index (χ1v) is 12.0. The van der Waals surface area contributed by atoms with Gasteiger partial charge in [0.25, 0.3) is 0 Å². The van der Waals surface area contributed by atoms with Crippen LogP contribution in [-0.2, 0) is 11.2 Å². The summed E-state index contributed by atoms with van der Waals surface area (Å²) in [5, 5.41) is 11.0. The second kappa shape index (κ2) is 9.08. The number of nitriles is 1. The van der Waals surface area contributed by atoms with Crippen LogP contribution in [0.25, 0.3) is 0 Å². The van der Waals surface area contributed by atoms with Crippen LogP contribution in [0.3, 0.4) is 0 Å². The van der Waals surface area contributed by atoms with E-state index in [9.17, 15) is 10.1 Å². The van der Waals surface area contributed by atoms with Gasteiger partial charge in [-0.15, -0.1) is 11.3 Å². The number of halogens is 2. The molecule has 31 heavy (non-hydrogen) atoms. The molecule has 0 amide bonds. The van der Waals surface area contributed by atoms with E-state index in [4.69, 9.17) is 28.9 Å². The minimum atomic E-state index is -0.418. The number of hydrogen-bond donors (Lipinski definition) is 1. The maximum Gasteiger partial charge on any atom is 0.161 e. The Bertz CT molecular complexity index is 1120. The zero-order valence-corrected chi connectivity index (χ0v) is 19.6. The smallest absolute Gasteiger partial charge is 0.161 e. The first-order valence-electron chi connectivity index (χ1n) is 10.4. The number of rotatable bonds is 5. The molecule has 0 saturated carbocycles. The van der Waals surface area contributed by atoms with Crippen LogP contribution >= 0.6 is 34.5 Å². The molecule has 0 radical (unpaired) electrons. The Morgan fingerprint density at radius 3 is 2.65 bits per heavy atom. The average molecular weight is 472 g/mol. The summed E-state index contributed by atoms with van der Waals surface area (Å²) in [7, 11) is 0. The maximum atomic E-state index is 13.2. The molecule has 2 aliphatic rings. The number of ketones is 1. The maximum absolute atomic E-state index is 13.2. The highest BCUT2D eigenvalue weighted by Gasteiger charge is 2.41. The predicted molar refractivity (Wildman–Crippen MR) is 127 cm³/mol. The molecule has 2 N–H and O–H groups in total. The van der Waals surface area contributed by atoms with Crippen molar-refractivity contribution in [1.82, 2.24) is 0 Å². The lowest BCUT2D eigenvalue weighted by molar-refractivity contribution is -0.116. The van der Waals surface area contributed by atoms with E-state index in [-0.39, 0.29) is 5.78 Å². The van der Waals surface area contributed by atoms with Crippen LogP contribution in [0.1, 0.15) is 54.7 Å². The van der Waals surface area contributed by atoms with Crippen LogP contribution < -0.4 is 10.6 Å². The fraction of sp³-hybridized carbons (Fsp3) is 0.333. The van der Waals surface area contributed by atoms with Gasteiger partial charge in [0, 0.05) is 37.5 Å². The zero-order chi connectivity index (χ0) is 22.1. The molecule has 1 aromatic heterocycles. The lowest BCUT2D eigenvalue weighted by atomic mass is 9.78. The highest BCUT2D eigenvalue weighted by atomic mass is 35.5. The van der Waals surface area contributed by atoms with Gasteiger partial charge in [0.2, 0.25) is 0 Å². The van der Waals surface area contributed by atoms with E-state index >= 15 is 0 Å². The van der Waals surface area contributed by atoms with Gasteiger partial charge in [-0.1, -0.05) is 36.5 Å². The molecule has 1 aliphatic carbocycles. The van der Waals surface area contributed by atoms with Crippen LogP contribution in [0.15, 0.2) is 53.0 Å². The van der Waals surface area contributed by atoms with Crippen LogP contribution in [0.4, 0.5) is 5.69 Å². The third kappa shape index (κ3) is 4.13. The molecular formula is C24H23Cl2N3OS. The molecule has 0 saturated heterocycles. The van der Waals surface area contributed by atoms with Gasteiger partial charge in [-0.25, -0.2) is 0 Å². The third-order valence-corrected chi connectivity index (χ3v) is 7.41. The quantitative estimate of drug-likeness (QED) is 0.526. The molecule has 7 heteroatoms. The minimum Gasteiger partial charge on any atom is -0.384 e. The molecular weight excluding hydrogens is 449 g/mol. The molecule has 1 atom stereocenters. The number of unbranched alkanes of at least 4 members (excludes halogenated alkanes) is 1. The van der Waals surface area contributed by atoms with Gasteiger partial charge < -0.3 is 5.73 Å². The normalized spacial score (nSPS) is 19.0. The molecule has 2 aromatic rings. The molecule has 160 valence electrons. The second-order valence-electron chi connectivity index (χ2n) is 7.85. The number of hydrogen-bond acceptors (Lipinski definition) is 5. The molecule has 4 nitrogen and oxygen atoms in total. The SMILES string of the molecule is CCCCc1ccc(C2C(C#N)=C(N)N(c3cc(Cl)cc(Cl)c3)C3=C2C(=O)CCC3)s1.